The molecule has 0 aromatic rings. The minimum atomic E-state index is -0.281. The van der Waals surface area contributed by atoms with Crippen molar-refractivity contribution in [3.63, 3.8) is 0 Å². The Bertz CT molecular complexity index is 448. The molecule has 2 unspecified atom stereocenters. The van der Waals surface area contributed by atoms with Crippen LogP contribution in [0.2, 0.25) is 0 Å². The van der Waals surface area contributed by atoms with Gasteiger partial charge < -0.3 is 5.32 Å². The molecule has 2 amide bonds. The zero-order chi connectivity index (χ0) is 16.7. The molecule has 2 aliphatic heterocycles. The Morgan fingerprint density at radius 1 is 1.05 bits per heavy atom. The number of carbonyl (C=O) groups excluding carboxylic acids is 2. The summed E-state index contributed by atoms with van der Waals surface area (Å²) in [5.41, 5.74) is -0.184. The van der Waals surface area contributed by atoms with Gasteiger partial charge in [0.05, 0.1) is 12.1 Å². The largest absolute Gasteiger partial charge is 0.301 e. The van der Waals surface area contributed by atoms with Crippen molar-refractivity contribution in [1.29, 1.82) is 0 Å². The molecule has 0 aliphatic carbocycles. The first kappa shape index (κ1) is 17.3. The highest BCUT2D eigenvalue weighted by atomic mass is 16.2. The highest BCUT2D eigenvalue weighted by molar-refractivity contribution is 5.88. The van der Waals surface area contributed by atoms with Gasteiger partial charge in [-0.3, -0.25) is 14.6 Å². The third-order valence-electron chi connectivity index (χ3n) is 4.47. The van der Waals surface area contributed by atoms with Crippen LogP contribution in [0.15, 0.2) is 0 Å². The molecule has 2 atom stereocenters. The Hall–Kier alpha value is -1.10. The Labute approximate surface area is 134 Å². The Kier molecular flexibility index (Phi) is 4.58. The minimum Gasteiger partial charge on any atom is -0.301 e. The van der Waals surface area contributed by atoms with E-state index in [1.807, 2.05) is 0 Å². The van der Waals surface area contributed by atoms with Crippen molar-refractivity contribution in [3.05, 3.63) is 0 Å². The van der Waals surface area contributed by atoms with Gasteiger partial charge in [0.15, 0.2) is 0 Å². The fourth-order valence-electron chi connectivity index (χ4n) is 3.49. The lowest BCUT2D eigenvalue weighted by Crippen LogP contribution is -2.63. The second-order valence-corrected chi connectivity index (χ2v) is 8.71. The number of hydrogen-bond donors (Lipinski definition) is 1. The maximum Gasteiger partial charge on any atom is 0.258 e. The smallest absolute Gasteiger partial charge is 0.258 e. The number of rotatable bonds is 1. The van der Waals surface area contributed by atoms with Gasteiger partial charge in [0, 0.05) is 18.5 Å². The van der Waals surface area contributed by atoms with E-state index in [4.69, 9.17) is 0 Å². The number of carbonyl (C=O) groups is 2. The highest BCUT2D eigenvalue weighted by Gasteiger charge is 2.45. The Balaban J connectivity index is 2.33. The molecule has 22 heavy (non-hydrogen) atoms. The average Bonchev–Trinajstić information content (AvgIpc) is 2.48. The lowest BCUT2D eigenvalue weighted by molar-refractivity contribution is -0.179. The average molecular weight is 309 g/mol. The quantitative estimate of drug-likeness (QED) is 0.809. The summed E-state index contributed by atoms with van der Waals surface area (Å²) in [7, 11) is 0. The predicted molar refractivity (Wildman–Crippen MR) is 86.9 cm³/mol. The maximum atomic E-state index is 13.1. The van der Waals surface area contributed by atoms with E-state index in [2.05, 4.69) is 46.9 Å². The fourth-order valence-corrected chi connectivity index (χ4v) is 3.49. The van der Waals surface area contributed by atoms with E-state index in [1.54, 1.807) is 10.0 Å². The van der Waals surface area contributed by atoms with Crippen molar-refractivity contribution < 1.29 is 9.59 Å². The number of amides is 2. The van der Waals surface area contributed by atoms with Gasteiger partial charge in [-0.2, -0.15) is 0 Å². The predicted octanol–water partition coefficient (Wildman–Crippen LogP) is 2.32. The second kappa shape index (κ2) is 5.84. The van der Waals surface area contributed by atoms with E-state index in [9.17, 15) is 9.59 Å². The van der Waals surface area contributed by atoms with Crippen LogP contribution in [0.4, 0.5) is 0 Å². The monoisotopic (exact) mass is 309 g/mol. The van der Waals surface area contributed by atoms with Gasteiger partial charge in [-0.15, -0.1) is 0 Å². The molecular weight excluding hydrogens is 278 g/mol. The molecule has 2 heterocycles. The molecule has 2 saturated heterocycles. The first-order valence-electron chi connectivity index (χ1n) is 8.42. The van der Waals surface area contributed by atoms with Gasteiger partial charge in [0.2, 0.25) is 5.91 Å². The molecular formula is C17H31N3O2. The van der Waals surface area contributed by atoms with Crippen molar-refractivity contribution in [3.8, 4) is 0 Å². The lowest BCUT2D eigenvalue weighted by atomic mass is 9.82. The second-order valence-electron chi connectivity index (χ2n) is 8.71. The van der Waals surface area contributed by atoms with Crippen LogP contribution in [0.25, 0.3) is 0 Å². The van der Waals surface area contributed by atoms with E-state index in [0.717, 1.165) is 12.8 Å². The first-order chi connectivity index (χ1) is 10.0. The van der Waals surface area contributed by atoms with Crippen molar-refractivity contribution >= 4 is 11.8 Å². The maximum absolute atomic E-state index is 13.1. The number of hydrazine groups is 1. The van der Waals surface area contributed by atoms with Crippen LogP contribution in [-0.2, 0) is 9.59 Å². The van der Waals surface area contributed by atoms with Crippen LogP contribution >= 0.6 is 0 Å². The van der Waals surface area contributed by atoms with Crippen LogP contribution in [-0.4, -0.2) is 46.0 Å². The van der Waals surface area contributed by atoms with E-state index >= 15 is 0 Å². The van der Waals surface area contributed by atoms with Crippen LogP contribution in [0.5, 0.6) is 0 Å². The molecule has 0 aromatic carbocycles. The minimum absolute atomic E-state index is 0.0365. The molecule has 0 bridgehead atoms. The van der Waals surface area contributed by atoms with E-state index < -0.39 is 0 Å². The van der Waals surface area contributed by atoms with Gasteiger partial charge in [0.1, 0.15) is 0 Å². The molecule has 0 spiro atoms. The molecule has 0 radical (unpaired) electrons. The Morgan fingerprint density at radius 3 is 2.23 bits per heavy atom. The third kappa shape index (κ3) is 3.62. The summed E-state index contributed by atoms with van der Waals surface area (Å²) in [6.45, 7) is 13.3. The Morgan fingerprint density at radius 2 is 1.68 bits per heavy atom. The molecule has 2 aliphatic rings. The summed E-state index contributed by atoms with van der Waals surface area (Å²) in [5, 5.41) is 6.90. The lowest BCUT2D eigenvalue weighted by Gasteiger charge is -2.49. The zero-order valence-electron chi connectivity index (χ0n) is 14.9. The van der Waals surface area contributed by atoms with Crippen molar-refractivity contribution in [1.82, 2.24) is 15.3 Å². The number of nitrogens with zero attached hydrogens (tertiary/aromatic N) is 2. The van der Waals surface area contributed by atoms with E-state index in [-0.39, 0.29) is 34.9 Å². The number of fused-ring (bicyclic) bond motifs is 1. The molecule has 2 rings (SSSR count). The fraction of sp³-hybridized carbons (Fsp3) is 0.882. The highest BCUT2D eigenvalue weighted by Crippen LogP contribution is 2.34. The van der Waals surface area contributed by atoms with Gasteiger partial charge in [-0.25, -0.2) is 5.01 Å². The zero-order valence-corrected chi connectivity index (χ0v) is 14.9. The summed E-state index contributed by atoms with van der Waals surface area (Å²) in [4.78, 5) is 25.6. The SMILES string of the molecule is CC(C)(C)NC1CCC(=O)N2CCCC(C(C)(C)C)N2C1=O. The molecule has 1 N–H and O–H groups in total. The van der Waals surface area contributed by atoms with Gasteiger partial charge in [-0.1, -0.05) is 20.8 Å². The van der Waals surface area contributed by atoms with Crippen molar-refractivity contribution in [2.75, 3.05) is 6.54 Å². The molecule has 5 nitrogen and oxygen atoms in total. The van der Waals surface area contributed by atoms with E-state index in [1.165, 1.54) is 0 Å². The van der Waals surface area contributed by atoms with E-state index in [0.29, 0.717) is 19.4 Å². The topological polar surface area (TPSA) is 52.7 Å². The van der Waals surface area contributed by atoms with Crippen LogP contribution in [0.1, 0.15) is 67.2 Å². The van der Waals surface area contributed by atoms with Crippen LogP contribution in [0, 0.1) is 5.41 Å². The van der Waals surface area contributed by atoms with Crippen molar-refractivity contribution in [2.24, 2.45) is 5.41 Å². The molecule has 2 fully saturated rings. The first-order valence-corrected chi connectivity index (χ1v) is 8.42. The molecule has 0 saturated carbocycles. The molecule has 0 aromatic heterocycles. The molecule has 5 heteroatoms. The van der Waals surface area contributed by atoms with Gasteiger partial charge in [-0.05, 0) is 45.4 Å². The summed E-state index contributed by atoms with van der Waals surface area (Å²) in [6, 6.07) is -0.197. The third-order valence-corrected chi connectivity index (χ3v) is 4.47. The summed E-state index contributed by atoms with van der Waals surface area (Å²) in [6.07, 6.45) is 2.95. The molecule has 126 valence electrons. The van der Waals surface area contributed by atoms with Gasteiger partial charge >= 0.3 is 0 Å². The standard InChI is InChI=1S/C17H31N3O2/c1-16(2,3)13-8-7-11-19-14(21)10-9-12(15(22)20(13)19)18-17(4,5)6/h12-13,18H,7-11H2,1-6H3. The number of hydrogen-bond acceptors (Lipinski definition) is 3. The number of nitrogens with one attached hydrogen (secondary N) is 1. The van der Waals surface area contributed by atoms with Crippen molar-refractivity contribution in [2.45, 2.75) is 84.8 Å². The summed E-state index contributed by atoms with van der Waals surface area (Å²) < 4.78 is 0. The van der Waals surface area contributed by atoms with Crippen LogP contribution < -0.4 is 5.32 Å². The van der Waals surface area contributed by atoms with Gasteiger partial charge in [0.25, 0.3) is 5.91 Å². The summed E-state index contributed by atoms with van der Waals surface area (Å²) in [5.74, 6) is 0.140. The van der Waals surface area contributed by atoms with Crippen LogP contribution in [0.3, 0.4) is 0 Å². The summed E-state index contributed by atoms with van der Waals surface area (Å²) >= 11 is 0. The normalized spacial score (nSPS) is 27.7.